The maximum absolute atomic E-state index is 12.7. The average molecular weight is 460 g/mol. The summed E-state index contributed by atoms with van der Waals surface area (Å²) in [6, 6.07) is 18.5. The fourth-order valence-electron chi connectivity index (χ4n) is 5.36. The molecular weight excluding hydrogens is 430 g/mol. The van der Waals surface area contributed by atoms with Gasteiger partial charge < -0.3 is 14.6 Å². The molecule has 0 aliphatic heterocycles. The molecule has 0 radical (unpaired) electrons. The van der Waals surface area contributed by atoms with Gasteiger partial charge in [-0.15, -0.1) is 0 Å². The topological polar surface area (TPSA) is 96.6 Å². The third-order valence-electron chi connectivity index (χ3n) is 7.54. The summed E-state index contributed by atoms with van der Waals surface area (Å²) in [6.45, 7) is 5.55. The Hall–Kier alpha value is -3.59. The number of allylic oxidation sites excluding steroid dienone is 1. The van der Waals surface area contributed by atoms with Gasteiger partial charge in [0, 0.05) is 12.0 Å². The molecule has 2 aromatic rings. The summed E-state index contributed by atoms with van der Waals surface area (Å²) in [5.74, 6) is -1.82. The number of carboxylic acid groups (broad SMARTS) is 1. The first-order chi connectivity index (χ1) is 16.1. The van der Waals surface area contributed by atoms with Gasteiger partial charge in [-0.1, -0.05) is 50.3 Å². The summed E-state index contributed by atoms with van der Waals surface area (Å²) in [6.07, 6.45) is 5.62. The molecule has 34 heavy (non-hydrogen) atoms. The van der Waals surface area contributed by atoms with Gasteiger partial charge in [0.2, 0.25) is 0 Å². The molecule has 1 N–H and O–H groups in total. The molecule has 6 nitrogen and oxygen atoms in total. The molecule has 4 rings (SSSR count). The molecule has 2 aliphatic rings. The number of nitrogens with zero attached hydrogens (tertiary/aromatic N) is 1. The molecule has 0 amide bonds. The first-order valence-corrected chi connectivity index (χ1v) is 11.5. The number of para-hydroxylation sites is 1. The number of aliphatic carboxylic acids is 1. The number of carbonyl (C=O) groups excluding carboxylic acids is 1. The Bertz CT molecular complexity index is 1160. The third-order valence-corrected chi connectivity index (χ3v) is 7.54. The van der Waals surface area contributed by atoms with E-state index in [1.54, 1.807) is 30.3 Å². The number of carboxylic acids is 1. The lowest BCUT2D eigenvalue weighted by Gasteiger charge is -2.37. The van der Waals surface area contributed by atoms with Gasteiger partial charge in [0.1, 0.15) is 22.5 Å². The number of esters is 1. The lowest BCUT2D eigenvalue weighted by molar-refractivity contribution is -0.160. The highest BCUT2D eigenvalue weighted by Crippen LogP contribution is 2.75. The van der Waals surface area contributed by atoms with E-state index in [2.05, 4.69) is 6.07 Å². The zero-order valence-corrected chi connectivity index (χ0v) is 19.7. The molecule has 0 bridgehead atoms. The van der Waals surface area contributed by atoms with Crippen LogP contribution in [0.2, 0.25) is 0 Å². The fourth-order valence-corrected chi connectivity index (χ4v) is 5.36. The largest absolute Gasteiger partial charge is 0.481 e. The first kappa shape index (κ1) is 23.6. The van der Waals surface area contributed by atoms with Crippen molar-refractivity contribution in [2.75, 3.05) is 0 Å². The van der Waals surface area contributed by atoms with Crippen molar-refractivity contribution in [2.45, 2.75) is 51.6 Å². The third kappa shape index (κ3) is 3.96. The van der Waals surface area contributed by atoms with Crippen LogP contribution in [0, 0.1) is 28.1 Å². The predicted molar refractivity (Wildman–Crippen MR) is 126 cm³/mol. The molecular formula is C28H29NO5. The van der Waals surface area contributed by atoms with Crippen molar-refractivity contribution < 1.29 is 24.2 Å². The van der Waals surface area contributed by atoms with Crippen molar-refractivity contribution in [1.82, 2.24) is 0 Å². The maximum Gasteiger partial charge on any atom is 0.330 e. The second-order valence-corrected chi connectivity index (χ2v) is 10.0. The van der Waals surface area contributed by atoms with E-state index in [9.17, 15) is 20.0 Å². The minimum Gasteiger partial charge on any atom is -0.481 e. The van der Waals surface area contributed by atoms with Gasteiger partial charge >= 0.3 is 11.9 Å². The molecule has 0 spiro atoms. The Balaban J connectivity index is 1.60. The second-order valence-electron chi connectivity index (χ2n) is 10.0. The van der Waals surface area contributed by atoms with Crippen LogP contribution in [0.1, 0.15) is 51.5 Å². The van der Waals surface area contributed by atoms with Gasteiger partial charge in [-0.25, -0.2) is 4.79 Å². The first-order valence-electron chi connectivity index (χ1n) is 11.5. The van der Waals surface area contributed by atoms with Crippen LogP contribution in [0.15, 0.2) is 66.7 Å². The van der Waals surface area contributed by atoms with Gasteiger partial charge in [0.25, 0.3) is 0 Å². The van der Waals surface area contributed by atoms with Crippen molar-refractivity contribution >= 4 is 11.9 Å². The number of benzene rings is 2. The van der Waals surface area contributed by atoms with E-state index in [0.29, 0.717) is 17.1 Å². The molecule has 2 fully saturated rings. The van der Waals surface area contributed by atoms with E-state index in [-0.39, 0.29) is 0 Å². The van der Waals surface area contributed by atoms with Gasteiger partial charge in [0.15, 0.2) is 0 Å². The van der Waals surface area contributed by atoms with Crippen LogP contribution in [-0.2, 0) is 14.3 Å². The Morgan fingerprint density at radius 2 is 1.76 bits per heavy atom. The molecule has 3 atom stereocenters. The lowest BCUT2D eigenvalue weighted by atomic mass is 9.78. The van der Waals surface area contributed by atoms with E-state index in [4.69, 9.17) is 9.47 Å². The number of nitriles is 1. The Kier molecular flexibility index (Phi) is 5.99. The Morgan fingerprint density at radius 3 is 2.35 bits per heavy atom. The Labute approximate surface area is 199 Å². The number of rotatable bonds is 8. The summed E-state index contributed by atoms with van der Waals surface area (Å²) in [7, 11) is 0. The van der Waals surface area contributed by atoms with Crippen LogP contribution in [0.4, 0.5) is 0 Å². The number of hydrogen-bond donors (Lipinski definition) is 1. The zero-order valence-electron chi connectivity index (χ0n) is 19.7. The minimum atomic E-state index is -1.38. The smallest absolute Gasteiger partial charge is 0.330 e. The molecule has 2 aliphatic carbocycles. The highest BCUT2D eigenvalue weighted by Gasteiger charge is 2.78. The van der Waals surface area contributed by atoms with E-state index < -0.39 is 40.2 Å². The highest BCUT2D eigenvalue weighted by molar-refractivity contribution is 5.86. The standard InChI is InChI=1S/C28H29NO5/c1-26(2)23(13-14-24(30)34-27(3)15-8-16-27)28(26,25(31)32)22(18-29)19-9-7-12-21(17-19)33-20-10-5-4-6-11-20/h4-7,9-14,17,22-23H,8,15-16H2,1-3H3,(H,31,32)/t22?,23-,28+/m0/s1. The van der Waals surface area contributed by atoms with Crippen LogP contribution in [0.3, 0.4) is 0 Å². The van der Waals surface area contributed by atoms with Gasteiger partial charge in [-0.3, -0.25) is 4.79 Å². The van der Waals surface area contributed by atoms with Gasteiger partial charge in [-0.2, -0.15) is 5.26 Å². The van der Waals surface area contributed by atoms with Crippen molar-refractivity contribution in [3.8, 4) is 17.6 Å². The van der Waals surface area contributed by atoms with Crippen LogP contribution in [0.5, 0.6) is 11.5 Å². The molecule has 2 aromatic carbocycles. The summed E-state index contributed by atoms with van der Waals surface area (Å²) in [5.41, 5.74) is -2.00. The summed E-state index contributed by atoms with van der Waals surface area (Å²) >= 11 is 0. The minimum absolute atomic E-state index is 0.432. The van der Waals surface area contributed by atoms with Gasteiger partial charge in [-0.05, 0) is 61.4 Å². The van der Waals surface area contributed by atoms with Crippen molar-refractivity contribution in [3.63, 3.8) is 0 Å². The highest BCUT2D eigenvalue weighted by atomic mass is 16.6. The maximum atomic E-state index is 12.7. The van der Waals surface area contributed by atoms with Crippen molar-refractivity contribution in [2.24, 2.45) is 16.7 Å². The molecule has 0 aromatic heterocycles. The van der Waals surface area contributed by atoms with E-state index in [0.717, 1.165) is 19.3 Å². The molecule has 0 saturated heterocycles. The monoisotopic (exact) mass is 459 g/mol. The Morgan fingerprint density at radius 1 is 1.09 bits per heavy atom. The quantitative estimate of drug-likeness (QED) is 0.393. The number of carbonyl (C=O) groups is 2. The fraction of sp³-hybridized carbons (Fsp3) is 0.393. The second kappa shape index (κ2) is 8.64. The normalized spacial score (nSPS) is 24.9. The number of hydrogen-bond acceptors (Lipinski definition) is 5. The van der Waals surface area contributed by atoms with E-state index >= 15 is 0 Å². The van der Waals surface area contributed by atoms with Crippen molar-refractivity contribution in [1.29, 1.82) is 5.26 Å². The molecule has 176 valence electrons. The van der Waals surface area contributed by atoms with Crippen LogP contribution in [0.25, 0.3) is 0 Å². The SMILES string of the molecule is CC1(OC(=O)C=C[C@H]2C(C)(C)[C@]2(C(=O)O)C(C#N)c2cccc(Oc3ccccc3)c2)CCC1. The van der Waals surface area contributed by atoms with Crippen molar-refractivity contribution in [3.05, 3.63) is 72.3 Å². The van der Waals surface area contributed by atoms with E-state index in [1.165, 1.54) is 6.08 Å². The van der Waals surface area contributed by atoms with E-state index in [1.807, 2.05) is 51.1 Å². The average Bonchev–Trinajstić information content (AvgIpc) is 3.28. The van der Waals surface area contributed by atoms with Crippen LogP contribution in [-0.4, -0.2) is 22.6 Å². The van der Waals surface area contributed by atoms with Crippen LogP contribution < -0.4 is 4.74 Å². The lowest BCUT2D eigenvalue weighted by Crippen LogP contribution is -2.38. The molecule has 6 heteroatoms. The predicted octanol–water partition coefficient (Wildman–Crippen LogP) is 5.86. The zero-order chi connectivity index (χ0) is 24.6. The summed E-state index contributed by atoms with van der Waals surface area (Å²) < 4.78 is 11.4. The molecule has 0 heterocycles. The summed E-state index contributed by atoms with van der Waals surface area (Å²) in [4.78, 5) is 25.0. The van der Waals surface area contributed by atoms with Gasteiger partial charge in [0.05, 0.1) is 12.0 Å². The summed E-state index contributed by atoms with van der Waals surface area (Å²) in [5, 5.41) is 20.5. The molecule has 1 unspecified atom stereocenters. The van der Waals surface area contributed by atoms with Crippen LogP contribution >= 0.6 is 0 Å². The molecule has 2 saturated carbocycles. The number of ether oxygens (including phenoxy) is 2.